The molecule has 0 aliphatic carbocycles. The second-order valence-electron chi connectivity index (χ2n) is 5.69. The van der Waals surface area contributed by atoms with E-state index in [2.05, 4.69) is 33.0 Å². The van der Waals surface area contributed by atoms with E-state index in [-0.39, 0.29) is 5.56 Å². The van der Waals surface area contributed by atoms with Gasteiger partial charge in [-0.25, -0.2) is 0 Å². The molecule has 3 nitrogen and oxygen atoms in total. The maximum absolute atomic E-state index is 11.4. The van der Waals surface area contributed by atoms with Gasteiger partial charge in [0.1, 0.15) is 0 Å². The van der Waals surface area contributed by atoms with Crippen molar-refractivity contribution in [1.29, 1.82) is 0 Å². The van der Waals surface area contributed by atoms with Crippen molar-refractivity contribution in [1.82, 2.24) is 4.57 Å². The molecule has 0 aliphatic heterocycles. The molecule has 0 radical (unpaired) electrons. The summed E-state index contributed by atoms with van der Waals surface area (Å²) >= 11 is 0. The smallest absolute Gasteiger partial charge is 0.250 e. The SMILES string of the molecule is CCn1cc(NCC(C)C(C)(C)C)ccc1=O. The van der Waals surface area contributed by atoms with Crippen LogP contribution in [0.4, 0.5) is 5.69 Å². The summed E-state index contributed by atoms with van der Waals surface area (Å²) < 4.78 is 1.71. The summed E-state index contributed by atoms with van der Waals surface area (Å²) in [6, 6.07) is 3.47. The van der Waals surface area contributed by atoms with Gasteiger partial charge in [0.05, 0.1) is 5.69 Å². The molecule has 1 unspecified atom stereocenters. The summed E-state index contributed by atoms with van der Waals surface area (Å²) in [6.45, 7) is 12.6. The van der Waals surface area contributed by atoms with E-state index in [4.69, 9.17) is 0 Å². The molecule has 0 fully saturated rings. The number of rotatable bonds is 4. The molecule has 1 rings (SSSR count). The van der Waals surface area contributed by atoms with Crippen LogP contribution in [0.25, 0.3) is 0 Å². The van der Waals surface area contributed by atoms with Gasteiger partial charge in [-0.05, 0) is 24.3 Å². The lowest BCUT2D eigenvalue weighted by Crippen LogP contribution is -2.25. The lowest BCUT2D eigenvalue weighted by atomic mass is 9.82. The van der Waals surface area contributed by atoms with Crippen LogP contribution in [0.1, 0.15) is 34.6 Å². The second-order valence-corrected chi connectivity index (χ2v) is 5.69. The molecular formula is C14H24N2O. The van der Waals surface area contributed by atoms with E-state index < -0.39 is 0 Å². The Balaban J connectivity index is 2.67. The Bertz CT molecular complexity index is 415. The lowest BCUT2D eigenvalue weighted by Gasteiger charge is -2.27. The molecule has 1 N–H and O–H groups in total. The average molecular weight is 236 g/mol. The average Bonchev–Trinajstić information content (AvgIpc) is 2.26. The van der Waals surface area contributed by atoms with Crippen molar-refractivity contribution in [2.45, 2.75) is 41.2 Å². The number of pyridine rings is 1. The molecule has 17 heavy (non-hydrogen) atoms. The fraction of sp³-hybridized carbons (Fsp3) is 0.643. The molecule has 1 heterocycles. The van der Waals surface area contributed by atoms with Crippen molar-refractivity contribution in [2.24, 2.45) is 11.3 Å². The number of nitrogens with one attached hydrogen (secondary N) is 1. The summed E-state index contributed by atoms with van der Waals surface area (Å²) in [5.74, 6) is 0.574. The topological polar surface area (TPSA) is 34.0 Å². The Hall–Kier alpha value is -1.25. The fourth-order valence-electron chi connectivity index (χ4n) is 1.46. The second kappa shape index (κ2) is 5.39. The molecule has 3 heteroatoms. The molecule has 96 valence electrons. The zero-order valence-electron chi connectivity index (χ0n) is 11.6. The summed E-state index contributed by atoms with van der Waals surface area (Å²) in [4.78, 5) is 11.4. The summed E-state index contributed by atoms with van der Waals surface area (Å²) in [7, 11) is 0. The molecule has 1 aromatic heterocycles. The van der Waals surface area contributed by atoms with Gasteiger partial charge < -0.3 is 9.88 Å². The molecule has 0 saturated heterocycles. The van der Waals surface area contributed by atoms with Crippen molar-refractivity contribution >= 4 is 5.69 Å². The molecule has 0 aromatic carbocycles. The fourth-order valence-corrected chi connectivity index (χ4v) is 1.46. The highest BCUT2D eigenvalue weighted by Gasteiger charge is 2.19. The van der Waals surface area contributed by atoms with E-state index in [1.165, 1.54) is 0 Å². The van der Waals surface area contributed by atoms with Gasteiger partial charge in [0.25, 0.3) is 5.56 Å². The monoisotopic (exact) mass is 236 g/mol. The van der Waals surface area contributed by atoms with E-state index in [0.29, 0.717) is 17.9 Å². The number of hydrogen-bond acceptors (Lipinski definition) is 2. The highest BCUT2D eigenvalue weighted by molar-refractivity contribution is 5.40. The van der Waals surface area contributed by atoms with Crippen LogP contribution in [0.2, 0.25) is 0 Å². The highest BCUT2D eigenvalue weighted by Crippen LogP contribution is 2.25. The van der Waals surface area contributed by atoms with E-state index >= 15 is 0 Å². The molecular weight excluding hydrogens is 212 g/mol. The van der Waals surface area contributed by atoms with Crippen molar-refractivity contribution in [3.63, 3.8) is 0 Å². The summed E-state index contributed by atoms with van der Waals surface area (Å²) in [6.07, 6.45) is 1.89. The van der Waals surface area contributed by atoms with Crippen LogP contribution >= 0.6 is 0 Å². The highest BCUT2D eigenvalue weighted by atomic mass is 16.1. The van der Waals surface area contributed by atoms with Gasteiger partial charge in [-0.1, -0.05) is 27.7 Å². The van der Waals surface area contributed by atoms with Crippen LogP contribution in [0.3, 0.4) is 0 Å². The van der Waals surface area contributed by atoms with Crippen LogP contribution in [-0.4, -0.2) is 11.1 Å². The van der Waals surface area contributed by atoms with Gasteiger partial charge in [0.2, 0.25) is 0 Å². The Morgan fingerprint density at radius 2 is 2.00 bits per heavy atom. The zero-order valence-corrected chi connectivity index (χ0v) is 11.6. The Morgan fingerprint density at radius 1 is 1.35 bits per heavy atom. The minimum Gasteiger partial charge on any atom is -0.384 e. The lowest BCUT2D eigenvalue weighted by molar-refractivity contribution is 0.274. The van der Waals surface area contributed by atoms with Gasteiger partial charge in [0.15, 0.2) is 0 Å². The predicted molar refractivity (Wildman–Crippen MR) is 73.5 cm³/mol. The number of hydrogen-bond donors (Lipinski definition) is 1. The predicted octanol–water partition coefficient (Wildman–Crippen LogP) is 2.96. The first-order chi connectivity index (χ1) is 7.84. The molecule has 1 aromatic rings. The van der Waals surface area contributed by atoms with Crippen LogP contribution in [0.15, 0.2) is 23.1 Å². The van der Waals surface area contributed by atoms with E-state index in [0.717, 1.165) is 12.2 Å². The standard InChI is InChI=1S/C14H24N2O/c1-6-16-10-12(7-8-13(16)17)15-9-11(2)14(3,4)5/h7-8,10-11,15H,6,9H2,1-5H3. The maximum atomic E-state index is 11.4. The number of aryl methyl sites for hydroxylation is 1. The number of nitrogens with zero attached hydrogens (tertiary/aromatic N) is 1. The number of aromatic nitrogens is 1. The van der Waals surface area contributed by atoms with Gasteiger partial charge in [-0.15, -0.1) is 0 Å². The molecule has 0 spiro atoms. The first-order valence-corrected chi connectivity index (χ1v) is 6.29. The first-order valence-electron chi connectivity index (χ1n) is 6.29. The minimum absolute atomic E-state index is 0.0573. The summed E-state index contributed by atoms with van der Waals surface area (Å²) in [5, 5.41) is 3.39. The van der Waals surface area contributed by atoms with Crippen molar-refractivity contribution in [3.8, 4) is 0 Å². The molecule has 1 atom stereocenters. The van der Waals surface area contributed by atoms with Gasteiger partial charge in [0, 0.05) is 25.4 Å². The first kappa shape index (κ1) is 13.8. The molecule has 0 aliphatic rings. The molecule has 0 amide bonds. The van der Waals surface area contributed by atoms with Gasteiger partial charge >= 0.3 is 0 Å². The molecule has 0 saturated carbocycles. The third-order valence-corrected chi connectivity index (χ3v) is 3.41. The van der Waals surface area contributed by atoms with Crippen LogP contribution in [0, 0.1) is 11.3 Å². The Labute approximate surface area is 104 Å². The summed E-state index contributed by atoms with van der Waals surface area (Å²) in [5.41, 5.74) is 1.37. The Morgan fingerprint density at radius 3 is 2.53 bits per heavy atom. The number of anilines is 1. The van der Waals surface area contributed by atoms with E-state index in [1.54, 1.807) is 10.6 Å². The Kier molecular flexibility index (Phi) is 4.38. The van der Waals surface area contributed by atoms with E-state index in [9.17, 15) is 4.79 Å². The van der Waals surface area contributed by atoms with Crippen molar-refractivity contribution in [3.05, 3.63) is 28.7 Å². The molecule has 0 bridgehead atoms. The third kappa shape index (κ3) is 3.91. The van der Waals surface area contributed by atoms with Crippen molar-refractivity contribution < 1.29 is 0 Å². The van der Waals surface area contributed by atoms with E-state index in [1.807, 2.05) is 19.2 Å². The van der Waals surface area contributed by atoms with Crippen LogP contribution in [-0.2, 0) is 6.54 Å². The maximum Gasteiger partial charge on any atom is 0.250 e. The van der Waals surface area contributed by atoms with Crippen LogP contribution < -0.4 is 10.9 Å². The minimum atomic E-state index is 0.0573. The van der Waals surface area contributed by atoms with Crippen LogP contribution in [0.5, 0.6) is 0 Å². The normalized spacial score (nSPS) is 13.5. The zero-order chi connectivity index (χ0) is 13.1. The third-order valence-electron chi connectivity index (χ3n) is 3.41. The van der Waals surface area contributed by atoms with Crippen molar-refractivity contribution in [2.75, 3.05) is 11.9 Å². The van der Waals surface area contributed by atoms with Gasteiger partial charge in [-0.2, -0.15) is 0 Å². The quantitative estimate of drug-likeness (QED) is 0.872. The van der Waals surface area contributed by atoms with Gasteiger partial charge in [-0.3, -0.25) is 4.79 Å². The largest absolute Gasteiger partial charge is 0.384 e.